The van der Waals surface area contributed by atoms with Gasteiger partial charge in [-0.3, -0.25) is 4.79 Å². The van der Waals surface area contributed by atoms with E-state index in [0.29, 0.717) is 28.7 Å². The van der Waals surface area contributed by atoms with Crippen molar-refractivity contribution in [2.45, 2.75) is 12.8 Å². The standard InChI is InChI=1S/C13H15Cl2N3O2/c14-9-3-4-11(15)10(6-9)13(19)18-5-1-2-8(7-18)12(16)17-20/h3-4,6,8,20H,1-2,5,7H2,(H2,16,17). The summed E-state index contributed by atoms with van der Waals surface area (Å²) in [7, 11) is 0. The zero-order chi connectivity index (χ0) is 14.7. The molecule has 1 atom stereocenters. The highest BCUT2D eigenvalue weighted by molar-refractivity contribution is 6.35. The lowest BCUT2D eigenvalue weighted by atomic mass is 9.96. The lowest BCUT2D eigenvalue weighted by Gasteiger charge is -2.32. The van der Waals surface area contributed by atoms with Crippen molar-refractivity contribution >= 4 is 34.9 Å². The van der Waals surface area contributed by atoms with Crippen LogP contribution in [0.25, 0.3) is 0 Å². The van der Waals surface area contributed by atoms with Crippen LogP contribution in [0.2, 0.25) is 10.0 Å². The third kappa shape index (κ3) is 3.16. The number of hydrogen-bond acceptors (Lipinski definition) is 3. The maximum atomic E-state index is 12.5. The van der Waals surface area contributed by atoms with Crippen LogP contribution in [-0.2, 0) is 0 Å². The Morgan fingerprint density at radius 2 is 2.20 bits per heavy atom. The molecular weight excluding hydrogens is 301 g/mol. The molecule has 1 heterocycles. The number of rotatable bonds is 2. The highest BCUT2D eigenvalue weighted by atomic mass is 35.5. The fraction of sp³-hybridized carbons (Fsp3) is 0.385. The lowest BCUT2D eigenvalue weighted by molar-refractivity contribution is 0.0701. The molecule has 1 aromatic rings. The van der Waals surface area contributed by atoms with E-state index in [4.69, 9.17) is 34.1 Å². The van der Waals surface area contributed by atoms with Gasteiger partial charge in [0.25, 0.3) is 5.91 Å². The van der Waals surface area contributed by atoms with Crippen LogP contribution in [0.5, 0.6) is 0 Å². The molecule has 5 nitrogen and oxygen atoms in total. The summed E-state index contributed by atoms with van der Waals surface area (Å²) < 4.78 is 0. The summed E-state index contributed by atoms with van der Waals surface area (Å²) in [6.07, 6.45) is 1.59. The first kappa shape index (κ1) is 14.9. The van der Waals surface area contributed by atoms with Gasteiger partial charge in [0.05, 0.1) is 10.6 Å². The van der Waals surface area contributed by atoms with Crippen LogP contribution in [0.3, 0.4) is 0 Å². The van der Waals surface area contributed by atoms with E-state index in [9.17, 15) is 4.79 Å². The second-order valence-corrected chi connectivity index (χ2v) is 5.58. The number of amides is 1. The third-order valence-electron chi connectivity index (χ3n) is 3.40. The van der Waals surface area contributed by atoms with Crippen molar-refractivity contribution in [3.63, 3.8) is 0 Å². The number of likely N-dealkylation sites (tertiary alicyclic amines) is 1. The Morgan fingerprint density at radius 3 is 2.90 bits per heavy atom. The monoisotopic (exact) mass is 315 g/mol. The number of hydrogen-bond donors (Lipinski definition) is 2. The molecule has 0 radical (unpaired) electrons. The van der Waals surface area contributed by atoms with Crippen LogP contribution in [0, 0.1) is 5.92 Å². The van der Waals surface area contributed by atoms with Crippen LogP contribution in [0.4, 0.5) is 0 Å². The summed E-state index contributed by atoms with van der Waals surface area (Å²) in [6.45, 7) is 1.04. The Hall–Kier alpha value is -1.46. The van der Waals surface area contributed by atoms with Crippen molar-refractivity contribution in [3.05, 3.63) is 33.8 Å². The molecular formula is C13H15Cl2N3O2. The normalized spacial score (nSPS) is 20.0. The molecule has 1 aliphatic rings. The van der Waals surface area contributed by atoms with Gasteiger partial charge < -0.3 is 15.8 Å². The van der Waals surface area contributed by atoms with Gasteiger partial charge in [-0.2, -0.15) is 0 Å². The fourth-order valence-electron chi connectivity index (χ4n) is 2.32. The van der Waals surface area contributed by atoms with Gasteiger partial charge in [0.2, 0.25) is 0 Å². The number of nitrogens with two attached hydrogens (primary N) is 1. The summed E-state index contributed by atoms with van der Waals surface area (Å²) in [5, 5.41) is 12.6. The van der Waals surface area contributed by atoms with Crippen LogP contribution in [-0.4, -0.2) is 34.9 Å². The van der Waals surface area contributed by atoms with E-state index in [1.807, 2.05) is 0 Å². The number of carbonyl (C=O) groups excluding carboxylic acids is 1. The number of benzene rings is 1. The second kappa shape index (κ2) is 6.33. The zero-order valence-corrected chi connectivity index (χ0v) is 12.2. The molecule has 1 amide bonds. The predicted molar refractivity (Wildman–Crippen MR) is 78.5 cm³/mol. The molecule has 1 saturated heterocycles. The molecule has 1 unspecified atom stereocenters. The number of oxime groups is 1. The van der Waals surface area contributed by atoms with E-state index >= 15 is 0 Å². The van der Waals surface area contributed by atoms with Crippen LogP contribution in [0.1, 0.15) is 23.2 Å². The van der Waals surface area contributed by atoms with Crippen molar-refractivity contribution in [1.29, 1.82) is 0 Å². The number of carbonyl (C=O) groups is 1. The van der Waals surface area contributed by atoms with Gasteiger partial charge in [-0.25, -0.2) is 0 Å². The van der Waals surface area contributed by atoms with Crippen LogP contribution in [0.15, 0.2) is 23.4 Å². The number of amidine groups is 1. The first-order chi connectivity index (χ1) is 9.52. The lowest BCUT2D eigenvalue weighted by Crippen LogP contribution is -2.44. The molecule has 0 aliphatic carbocycles. The molecule has 7 heteroatoms. The van der Waals surface area contributed by atoms with E-state index in [-0.39, 0.29) is 17.7 Å². The molecule has 2 rings (SSSR count). The molecule has 0 bridgehead atoms. The molecule has 0 saturated carbocycles. The average Bonchev–Trinajstić information content (AvgIpc) is 2.48. The number of piperidine rings is 1. The summed E-state index contributed by atoms with van der Waals surface area (Å²) in [5.41, 5.74) is 5.99. The minimum Gasteiger partial charge on any atom is -0.409 e. The SMILES string of the molecule is NC(=NO)C1CCCN(C(=O)c2cc(Cl)ccc2Cl)C1. The molecule has 0 aromatic heterocycles. The van der Waals surface area contributed by atoms with Crippen molar-refractivity contribution < 1.29 is 10.0 Å². The van der Waals surface area contributed by atoms with Crippen LogP contribution < -0.4 is 5.73 Å². The van der Waals surface area contributed by atoms with E-state index in [2.05, 4.69) is 5.16 Å². The van der Waals surface area contributed by atoms with E-state index in [0.717, 1.165) is 12.8 Å². The Morgan fingerprint density at radius 1 is 1.45 bits per heavy atom. The minimum atomic E-state index is -0.187. The van der Waals surface area contributed by atoms with Gasteiger partial charge in [-0.1, -0.05) is 28.4 Å². The zero-order valence-electron chi connectivity index (χ0n) is 10.7. The van der Waals surface area contributed by atoms with Gasteiger partial charge in [0.15, 0.2) is 0 Å². The molecule has 1 fully saturated rings. The number of nitrogens with zero attached hydrogens (tertiary/aromatic N) is 2. The van der Waals surface area contributed by atoms with Crippen molar-refractivity contribution in [3.8, 4) is 0 Å². The quantitative estimate of drug-likeness (QED) is 0.381. The summed E-state index contributed by atoms with van der Waals surface area (Å²) in [6, 6.07) is 4.79. The Labute approximate surface area is 126 Å². The average molecular weight is 316 g/mol. The first-order valence-corrected chi connectivity index (χ1v) is 7.00. The summed E-state index contributed by atoms with van der Waals surface area (Å²) in [5.74, 6) is -0.164. The van der Waals surface area contributed by atoms with Crippen molar-refractivity contribution in [2.75, 3.05) is 13.1 Å². The largest absolute Gasteiger partial charge is 0.409 e. The Bertz CT molecular complexity index is 548. The topological polar surface area (TPSA) is 78.9 Å². The molecule has 108 valence electrons. The number of halogens is 2. The molecule has 0 spiro atoms. The van der Waals surface area contributed by atoms with Crippen molar-refractivity contribution in [2.24, 2.45) is 16.8 Å². The van der Waals surface area contributed by atoms with Gasteiger partial charge in [0, 0.05) is 24.0 Å². The predicted octanol–water partition coefficient (Wildman–Crippen LogP) is 2.59. The molecule has 1 aromatic carbocycles. The van der Waals surface area contributed by atoms with E-state index in [1.165, 1.54) is 0 Å². The summed E-state index contributed by atoms with van der Waals surface area (Å²) in [4.78, 5) is 14.1. The first-order valence-electron chi connectivity index (χ1n) is 6.24. The molecule has 20 heavy (non-hydrogen) atoms. The van der Waals surface area contributed by atoms with E-state index in [1.54, 1.807) is 23.1 Å². The Kier molecular flexibility index (Phi) is 4.73. The Balaban J connectivity index is 2.18. The highest BCUT2D eigenvalue weighted by Gasteiger charge is 2.27. The van der Waals surface area contributed by atoms with Gasteiger partial charge >= 0.3 is 0 Å². The van der Waals surface area contributed by atoms with Crippen molar-refractivity contribution in [1.82, 2.24) is 4.90 Å². The summed E-state index contributed by atoms with van der Waals surface area (Å²) >= 11 is 11.9. The van der Waals surface area contributed by atoms with Crippen LogP contribution >= 0.6 is 23.2 Å². The third-order valence-corrected chi connectivity index (χ3v) is 3.97. The van der Waals surface area contributed by atoms with Gasteiger partial charge in [-0.05, 0) is 31.0 Å². The molecule has 3 N–H and O–H groups in total. The van der Waals surface area contributed by atoms with Gasteiger partial charge in [0.1, 0.15) is 5.84 Å². The highest BCUT2D eigenvalue weighted by Crippen LogP contribution is 2.25. The second-order valence-electron chi connectivity index (χ2n) is 4.74. The van der Waals surface area contributed by atoms with Gasteiger partial charge in [-0.15, -0.1) is 0 Å². The maximum absolute atomic E-state index is 12.5. The van der Waals surface area contributed by atoms with E-state index < -0.39 is 0 Å². The fourth-order valence-corrected chi connectivity index (χ4v) is 2.69. The molecule has 1 aliphatic heterocycles. The maximum Gasteiger partial charge on any atom is 0.255 e. The smallest absolute Gasteiger partial charge is 0.255 e. The minimum absolute atomic E-state index is 0.129.